The normalized spacial score (nSPS) is 13.1. The molecule has 9 heteroatoms. The number of ketones is 1. The fraction of sp³-hybridized carbons (Fsp3) is 0.273. The molecule has 9 nitrogen and oxygen atoms in total. The monoisotopic (exact) mass is 565 g/mol. The number of ether oxygens (including phenoxy) is 1. The summed E-state index contributed by atoms with van der Waals surface area (Å²) in [4.78, 5) is 48.7. The van der Waals surface area contributed by atoms with E-state index in [4.69, 9.17) is 4.74 Å². The summed E-state index contributed by atoms with van der Waals surface area (Å²) in [5.41, 5.74) is 5.65. The number of Topliss-reactive ketones (excluding diaryl/α,β-unsaturated/α-hetero) is 1. The quantitative estimate of drug-likeness (QED) is 0.229. The Morgan fingerprint density at radius 2 is 1.55 bits per heavy atom. The number of carbonyl (C=O) groups is 3. The molecule has 2 aromatic heterocycles. The first-order chi connectivity index (χ1) is 20.3. The van der Waals surface area contributed by atoms with E-state index in [0.29, 0.717) is 16.9 Å². The third-order valence-corrected chi connectivity index (χ3v) is 7.66. The van der Waals surface area contributed by atoms with Crippen LogP contribution in [0.1, 0.15) is 34.2 Å². The molecule has 0 radical (unpaired) electrons. The minimum absolute atomic E-state index is 0.0255. The zero-order valence-electron chi connectivity index (χ0n) is 24.4. The molecule has 4 aromatic rings. The van der Waals surface area contributed by atoms with Gasteiger partial charge in [-0.25, -0.2) is 14.3 Å². The van der Waals surface area contributed by atoms with Gasteiger partial charge in [-0.1, -0.05) is 30.3 Å². The summed E-state index contributed by atoms with van der Waals surface area (Å²) in [6.45, 7) is 11.1. The largest absolute Gasteiger partial charge is 0.449 e. The number of hydrogen-bond donors (Lipinski definition) is 1. The van der Waals surface area contributed by atoms with Gasteiger partial charge in [0.2, 0.25) is 0 Å². The molecule has 0 saturated carbocycles. The Labute approximate surface area is 245 Å². The third-order valence-electron chi connectivity index (χ3n) is 7.66. The van der Waals surface area contributed by atoms with Crippen molar-refractivity contribution in [2.75, 3.05) is 47.9 Å². The van der Waals surface area contributed by atoms with Crippen molar-refractivity contribution < 1.29 is 19.1 Å². The number of carbonyl (C=O) groups excluding carboxylic acids is 3. The number of aryl methyl sites for hydroxylation is 2. The Bertz CT molecular complexity index is 1600. The Morgan fingerprint density at radius 1 is 0.881 bits per heavy atom. The second-order valence-electron chi connectivity index (χ2n) is 10.3. The lowest BCUT2D eigenvalue weighted by atomic mass is 10.0. The molecule has 0 spiro atoms. The van der Waals surface area contributed by atoms with Gasteiger partial charge >= 0.3 is 6.09 Å². The van der Waals surface area contributed by atoms with Crippen molar-refractivity contribution in [3.05, 3.63) is 95.4 Å². The summed E-state index contributed by atoms with van der Waals surface area (Å²) >= 11 is 0. The second-order valence-corrected chi connectivity index (χ2v) is 10.3. The number of benzene rings is 2. The fourth-order valence-corrected chi connectivity index (χ4v) is 5.29. The van der Waals surface area contributed by atoms with Gasteiger partial charge in [-0.05, 0) is 80.8 Å². The molecule has 0 unspecified atom stereocenters. The van der Waals surface area contributed by atoms with E-state index >= 15 is 0 Å². The standard InChI is InChI=1S/C33H35N5O4/c1-5-42-33(41)38-23(3)21-28(25-9-7-6-8-10-25)29(38)30(39)32(40)35-26-11-13-27(14-12-26)36-17-19-37(20-18-36)31-24(4)22(2)15-16-34-31/h6-16,21H,5,17-20H2,1-4H3,(H,35,40). The molecule has 0 atom stereocenters. The molecular formula is C33H35N5O4. The predicted molar refractivity (Wildman–Crippen MR) is 165 cm³/mol. The van der Waals surface area contributed by atoms with E-state index in [2.05, 4.69) is 33.9 Å². The van der Waals surface area contributed by atoms with E-state index < -0.39 is 17.8 Å². The maximum Gasteiger partial charge on any atom is 0.418 e. The second kappa shape index (κ2) is 12.3. The summed E-state index contributed by atoms with van der Waals surface area (Å²) in [7, 11) is 0. The van der Waals surface area contributed by atoms with Crippen LogP contribution in [0.25, 0.3) is 11.1 Å². The lowest BCUT2D eigenvalue weighted by Gasteiger charge is -2.37. The van der Waals surface area contributed by atoms with Crippen molar-refractivity contribution in [1.82, 2.24) is 9.55 Å². The van der Waals surface area contributed by atoms with Crippen molar-refractivity contribution in [2.24, 2.45) is 0 Å². The van der Waals surface area contributed by atoms with Crippen LogP contribution >= 0.6 is 0 Å². The van der Waals surface area contributed by atoms with Gasteiger partial charge in [-0.15, -0.1) is 0 Å². The van der Waals surface area contributed by atoms with Gasteiger partial charge in [-0.2, -0.15) is 0 Å². The van der Waals surface area contributed by atoms with Crippen LogP contribution in [0.5, 0.6) is 0 Å². The first-order valence-electron chi connectivity index (χ1n) is 14.1. The summed E-state index contributed by atoms with van der Waals surface area (Å²) in [5.74, 6) is -0.620. The number of rotatable bonds is 7. The zero-order chi connectivity index (χ0) is 29.8. The summed E-state index contributed by atoms with van der Waals surface area (Å²) in [5, 5.41) is 2.71. The number of piperazine rings is 1. The summed E-state index contributed by atoms with van der Waals surface area (Å²) < 4.78 is 6.36. The lowest BCUT2D eigenvalue weighted by Crippen LogP contribution is -2.47. The van der Waals surface area contributed by atoms with Crippen LogP contribution in [0, 0.1) is 20.8 Å². The molecular weight excluding hydrogens is 530 g/mol. The highest BCUT2D eigenvalue weighted by Crippen LogP contribution is 2.29. The highest BCUT2D eigenvalue weighted by molar-refractivity contribution is 6.47. The number of anilines is 3. The number of nitrogens with one attached hydrogen (secondary N) is 1. The van der Waals surface area contributed by atoms with Gasteiger partial charge in [0.15, 0.2) is 0 Å². The van der Waals surface area contributed by atoms with E-state index in [9.17, 15) is 14.4 Å². The van der Waals surface area contributed by atoms with Crippen LogP contribution in [0.4, 0.5) is 22.0 Å². The Kier molecular flexibility index (Phi) is 8.38. The van der Waals surface area contributed by atoms with Crippen LogP contribution in [0.15, 0.2) is 72.9 Å². The molecule has 216 valence electrons. The van der Waals surface area contributed by atoms with Gasteiger partial charge in [0.05, 0.1) is 6.61 Å². The molecule has 0 bridgehead atoms. The first-order valence-corrected chi connectivity index (χ1v) is 14.1. The highest BCUT2D eigenvalue weighted by Gasteiger charge is 2.29. The zero-order valence-corrected chi connectivity index (χ0v) is 24.4. The molecule has 1 N–H and O–H groups in total. The van der Waals surface area contributed by atoms with Gasteiger partial charge in [0.1, 0.15) is 11.5 Å². The van der Waals surface area contributed by atoms with E-state index in [1.165, 1.54) is 15.7 Å². The third kappa shape index (κ3) is 5.76. The van der Waals surface area contributed by atoms with Crippen molar-refractivity contribution in [2.45, 2.75) is 27.7 Å². The fourth-order valence-electron chi connectivity index (χ4n) is 5.29. The summed E-state index contributed by atoms with van der Waals surface area (Å²) in [6, 6.07) is 20.4. The first kappa shape index (κ1) is 28.6. The Hall–Kier alpha value is -4.92. The van der Waals surface area contributed by atoms with Crippen LogP contribution in [-0.4, -0.2) is 60.1 Å². The molecule has 1 aliphatic heterocycles. The molecule has 1 amide bonds. The van der Waals surface area contributed by atoms with Crippen molar-refractivity contribution >= 4 is 35.0 Å². The minimum Gasteiger partial charge on any atom is -0.449 e. The average molecular weight is 566 g/mol. The number of hydrogen-bond acceptors (Lipinski definition) is 7. The van der Waals surface area contributed by atoms with Crippen molar-refractivity contribution in [3.8, 4) is 11.1 Å². The van der Waals surface area contributed by atoms with E-state index in [1.54, 1.807) is 32.0 Å². The Balaban J connectivity index is 1.29. The molecule has 2 aromatic carbocycles. The minimum atomic E-state index is -0.835. The smallest absolute Gasteiger partial charge is 0.418 e. The van der Waals surface area contributed by atoms with Crippen molar-refractivity contribution in [1.29, 1.82) is 0 Å². The lowest BCUT2D eigenvalue weighted by molar-refractivity contribution is -0.112. The maximum atomic E-state index is 13.5. The molecule has 1 saturated heterocycles. The summed E-state index contributed by atoms with van der Waals surface area (Å²) in [6.07, 6.45) is 1.16. The molecule has 1 fully saturated rings. The highest BCUT2D eigenvalue weighted by atomic mass is 16.5. The SMILES string of the molecule is CCOC(=O)n1c(C)cc(-c2ccccc2)c1C(=O)C(=O)Nc1ccc(N2CCN(c3nccc(C)c3C)CC2)cc1. The van der Waals surface area contributed by atoms with Crippen LogP contribution < -0.4 is 15.1 Å². The van der Waals surface area contributed by atoms with Crippen molar-refractivity contribution in [3.63, 3.8) is 0 Å². The van der Waals surface area contributed by atoms with E-state index in [0.717, 1.165) is 43.2 Å². The number of pyridine rings is 1. The van der Waals surface area contributed by atoms with E-state index in [1.807, 2.05) is 54.7 Å². The molecule has 42 heavy (non-hydrogen) atoms. The average Bonchev–Trinajstić information content (AvgIpc) is 3.36. The molecule has 1 aliphatic rings. The number of amides is 1. The van der Waals surface area contributed by atoms with Gasteiger partial charge in [-0.3, -0.25) is 9.59 Å². The molecule has 5 rings (SSSR count). The van der Waals surface area contributed by atoms with Gasteiger partial charge < -0.3 is 19.9 Å². The van der Waals surface area contributed by atoms with Crippen LogP contribution in [0.3, 0.4) is 0 Å². The predicted octanol–water partition coefficient (Wildman–Crippen LogP) is 5.63. The van der Waals surface area contributed by atoms with E-state index in [-0.39, 0.29) is 12.3 Å². The van der Waals surface area contributed by atoms with Gasteiger partial charge in [0.25, 0.3) is 11.7 Å². The van der Waals surface area contributed by atoms with Gasteiger partial charge in [0, 0.05) is 55.0 Å². The molecule has 3 heterocycles. The van der Waals surface area contributed by atoms with Crippen LogP contribution in [0.2, 0.25) is 0 Å². The Morgan fingerprint density at radius 3 is 2.21 bits per heavy atom. The number of aromatic nitrogens is 2. The maximum absolute atomic E-state index is 13.5. The number of nitrogens with zero attached hydrogens (tertiary/aromatic N) is 4. The molecule has 0 aliphatic carbocycles. The van der Waals surface area contributed by atoms with Crippen LogP contribution in [-0.2, 0) is 9.53 Å². The topological polar surface area (TPSA) is 96.8 Å².